The first-order valence-corrected chi connectivity index (χ1v) is 8.42. The zero-order valence-electron chi connectivity index (χ0n) is 17.1. The molecule has 0 radical (unpaired) electrons. The van der Waals surface area contributed by atoms with E-state index in [9.17, 15) is 44.1 Å². The van der Waals surface area contributed by atoms with Crippen molar-refractivity contribution < 1.29 is 44.1 Å². The summed E-state index contributed by atoms with van der Waals surface area (Å²) >= 11 is 0. The Hall–Kier alpha value is -2.05. The van der Waals surface area contributed by atoms with Gasteiger partial charge in [-0.3, -0.25) is 14.4 Å². The molecule has 0 aromatic carbocycles. The van der Waals surface area contributed by atoms with E-state index in [4.69, 9.17) is 0 Å². The topological polar surface area (TPSA) is 172 Å². The van der Waals surface area contributed by atoms with Crippen molar-refractivity contribution in [1.29, 1.82) is 0 Å². The fraction of sp³-hybridized carbons (Fsp3) is 0.667. The van der Waals surface area contributed by atoms with Crippen LogP contribution in [0.25, 0.3) is 0 Å². The van der Waals surface area contributed by atoms with Crippen molar-refractivity contribution in [2.75, 3.05) is 0 Å². The average molecular weight is 414 g/mol. The number of hydrogen-bond acceptors (Lipinski definition) is 9. The molecule has 9 nitrogen and oxygen atoms in total. The second-order valence-corrected chi connectivity index (χ2v) is 5.67. The SMILES string of the molecule is CCC(C(C)=O)C(=O)[O-].CCC(C(C)=O)C(=O)[O-].CC[C@@H](C(C)=O)C(=O)[O-].[Al+3]. The summed E-state index contributed by atoms with van der Waals surface area (Å²) in [5.41, 5.74) is 0. The number of hydrogen-bond donors (Lipinski definition) is 0. The van der Waals surface area contributed by atoms with Gasteiger partial charge in [0.05, 0.1) is 35.7 Å². The number of rotatable bonds is 9. The summed E-state index contributed by atoms with van der Waals surface area (Å²) in [5.74, 6) is -7.56. The minimum Gasteiger partial charge on any atom is -0.549 e. The van der Waals surface area contributed by atoms with Crippen LogP contribution in [0.15, 0.2) is 0 Å². The Kier molecular flexibility index (Phi) is 21.9. The van der Waals surface area contributed by atoms with Crippen LogP contribution in [0.3, 0.4) is 0 Å². The minimum atomic E-state index is -1.27. The number of Topliss-reactive ketones (excluding diaryl/α,β-unsaturated/α-hetero) is 3. The predicted octanol–water partition coefficient (Wildman–Crippen LogP) is -2.33. The van der Waals surface area contributed by atoms with Gasteiger partial charge in [-0.25, -0.2) is 0 Å². The van der Waals surface area contributed by atoms with Gasteiger partial charge in [0.15, 0.2) is 0 Å². The molecule has 28 heavy (non-hydrogen) atoms. The zero-order valence-corrected chi connectivity index (χ0v) is 18.3. The van der Waals surface area contributed by atoms with Crippen LogP contribution in [0.5, 0.6) is 0 Å². The van der Waals surface area contributed by atoms with Gasteiger partial charge in [0, 0.05) is 0 Å². The molecule has 0 rings (SSSR count). The van der Waals surface area contributed by atoms with Gasteiger partial charge in [0.1, 0.15) is 17.3 Å². The van der Waals surface area contributed by atoms with Gasteiger partial charge < -0.3 is 29.7 Å². The molecule has 156 valence electrons. The van der Waals surface area contributed by atoms with Crippen LogP contribution in [-0.4, -0.2) is 52.6 Å². The summed E-state index contributed by atoms with van der Waals surface area (Å²) < 4.78 is 0. The molecule has 0 fully saturated rings. The number of carboxylic acid groups (broad SMARTS) is 3. The molecule has 0 spiro atoms. The largest absolute Gasteiger partial charge is 3.00 e. The fourth-order valence-electron chi connectivity index (χ4n) is 1.86. The van der Waals surface area contributed by atoms with Gasteiger partial charge in [-0.2, -0.15) is 0 Å². The summed E-state index contributed by atoms with van der Waals surface area (Å²) in [6.07, 6.45) is 0.951. The van der Waals surface area contributed by atoms with Gasteiger partial charge >= 0.3 is 17.4 Å². The van der Waals surface area contributed by atoms with Crippen molar-refractivity contribution in [2.45, 2.75) is 60.8 Å². The third-order valence-corrected chi connectivity index (χ3v) is 3.55. The minimum absolute atomic E-state index is 0. The van der Waals surface area contributed by atoms with Gasteiger partial charge in [-0.1, -0.05) is 20.8 Å². The Bertz CT molecular complexity index is 425. The standard InChI is InChI=1S/3C6H10O3.Al/c3*1-3-5(4(2)7)6(8)9;/h3*5H,3H2,1-2H3,(H,8,9);/q;;;+3/p-3/t5-;;;/m0.../s1. The number of aliphatic carboxylic acids is 3. The number of carboxylic acids is 3. The Morgan fingerprint density at radius 2 is 0.679 bits per heavy atom. The molecular formula is C18H27AlO9. The molecule has 2 unspecified atom stereocenters. The van der Waals surface area contributed by atoms with E-state index in [0.717, 1.165) is 0 Å². The maximum atomic E-state index is 10.4. The Morgan fingerprint density at radius 3 is 0.679 bits per heavy atom. The molecule has 0 saturated carbocycles. The molecule has 0 N–H and O–H groups in total. The maximum absolute atomic E-state index is 10.4. The normalized spacial score (nSPS) is 12.2. The van der Waals surface area contributed by atoms with E-state index in [2.05, 4.69) is 0 Å². The van der Waals surface area contributed by atoms with Crippen molar-refractivity contribution in [3.05, 3.63) is 0 Å². The number of carbonyl (C=O) groups excluding carboxylic acids is 6. The van der Waals surface area contributed by atoms with E-state index in [1.165, 1.54) is 20.8 Å². The summed E-state index contributed by atoms with van der Waals surface area (Å²) in [6, 6.07) is 0. The third-order valence-electron chi connectivity index (χ3n) is 3.55. The molecular weight excluding hydrogens is 387 g/mol. The van der Waals surface area contributed by atoms with Crippen molar-refractivity contribution >= 4 is 52.6 Å². The molecule has 0 bridgehead atoms. The van der Waals surface area contributed by atoms with Crippen LogP contribution in [0.1, 0.15) is 60.8 Å². The Balaban J connectivity index is -0.000000152. The average Bonchev–Trinajstić information content (AvgIpc) is 2.47. The molecule has 0 aliphatic heterocycles. The molecule has 0 aliphatic carbocycles. The monoisotopic (exact) mass is 414 g/mol. The number of ketones is 3. The van der Waals surface area contributed by atoms with Crippen molar-refractivity contribution in [3.8, 4) is 0 Å². The first-order valence-electron chi connectivity index (χ1n) is 8.42. The smallest absolute Gasteiger partial charge is 0.549 e. The third kappa shape index (κ3) is 16.1. The first kappa shape index (κ1) is 33.5. The van der Waals surface area contributed by atoms with E-state index in [1.807, 2.05) is 0 Å². The summed E-state index contributed by atoms with van der Waals surface area (Å²) in [4.78, 5) is 61.3. The van der Waals surface area contributed by atoms with Crippen LogP contribution < -0.4 is 15.3 Å². The number of carbonyl (C=O) groups is 6. The van der Waals surface area contributed by atoms with Crippen LogP contribution in [0.2, 0.25) is 0 Å². The van der Waals surface area contributed by atoms with E-state index >= 15 is 0 Å². The van der Waals surface area contributed by atoms with Gasteiger partial charge in [-0.05, 0) is 40.0 Å². The molecule has 0 heterocycles. The fourth-order valence-corrected chi connectivity index (χ4v) is 1.86. The van der Waals surface area contributed by atoms with Gasteiger partial charge in [-0.15, -0.1) is 0 Å². The zero-order chi connectivity index (χ0) is 22.3. The summed E-state index contributed by atoms with van der Waals surface area (Å²) in [5, 5.41) is 30.1. The maximum Gasteiger partial charge on any atom is 3.00 e. The molecule has 0 aromatic heterocycles. The molecule has 3 atom stereocenters. The van der Waals surface area contributed by atoms with Crippen molar-refractivity contribution in [1.82, 2.24) is 0 Å². The van der Waals surface area contributed by atoms with Crippen LogP contribution in [0, 0.1) is 17.8 Å². The molecule has 0 aromatic rings. The van der Waals surface area contributed by atoms with Crippen LogP contribution in [0.4, 0.5) is 0 Å². The molecule has 0 saturated heterocycles. The van der Waals surface area contributed by atoms with E-state index in [1.54, 1.807) is 20.8 Å². The van der Waals surface area contributed by atoms with Crippen molar-refractivity contribution in [3.63, 3.8) is 0 Å². The molecule has 10 heteroatoms. The van der Waals surface area contributed by atoms with Crippen molar-refractivity contribution in [2.24, 2.45) is 17.8 Å². The summed E-state index contributed by atoms with van der Waals surface area (Å²) in [7, 11) is 0. The molecule has 0 amide bonds. The second kappa shape index (κ2) is 18.3. The molecule has 0 aliphatic rings. The Labute approximate surface area is 175 Å². The first-order chi connectivity index (χ1) is 12.3. The second-order valence-electron chi connectivity index (χ2n) is 5.67. The quantitative estimate of drug-likeness (QED) is 0.296. The Morgan fingerprint density at radius 1 is 0.536 bits per heavy atom. The van der Waals surface area contributed by atoms with E-state index in [0.29, 0.717) is 19.3 Å². The predicted molar refractivity (Wildman–Crippen MR) is 94.2 cm³/mol. The summed E-state index contributed by atoms with van der Waals surface area (Å²) in [6.45, 7) is 8.68. The van der Waals surface area contributed by atoms with Crippen LogP contribution >= 0.6 is 0 Å². The van der Waals surface area contributed by atoms with Gasteiger partial charge in [0.2, 0.25) is 0 Å². The van der Waals surface area contributed by atoms with E-state index < -0.39 is 35.7 Å². The van der Waals surface area contributed by atoms with Gasteiger partial charge in [0.25, 0.3) is 0 Å². The van der Waals surface area contributed by atoms with Crippen LogP contribution in [-0.2, 0) is 28.8 Å². The van der Waals surface area contributed by atoms with E-state index in [-0.39, 0.29) is 34.7 Å².